The van der Waals surface area contributed by atoms with E-state index in [0.717, 1.165) is 24.4 Å². The summed E-state index contributed by atoms with van der Waals surface area (Å²) in [5.74, 6) is 0.808. The standard InChI is InChI=1S/C17H27N3OS/c1-22-13-9-16(18)17(21)19-15-6-4-14(5-7-15)8-12-20-10-2-3-11-20/h4-7,16H,2-3,8-13,18H2,1H3,(H,19,21)/t16-/m0/s1. The van der Waals surface area contributed by atoms with Crippen molar-refractivity contribution in [3.63, 3.8) is 0 Å². The molecule has 3 N–H and O–H groups in total. The molecule has 1 aromatic rings. The lowest BCUT2D eigenvalue weighted by atomic mass is 10.1. The molecule has 1 saturated heterocycles. The van der Waals surface area contributed by atoms with Gasteiger partial charge in [0.05, 0.1) is 6.04 Å². The highest BCUT2D eigenvalue weighted by molar-refractivity contribution is 7.98. The Morgan fingerprint density at radius 1 is 1.32 bits per heavy atom. The van der Waals surface area contributed by atoms with Crippen molar-refractivity contribution in [2.24, 2.45) is 5.73 Å². The minimum Gasteiger partial charge on any atom is -0.325 e. The lowest BCUT2D eigenvalue weighted by Gasteiger charge is -2.15. The van der Waals surface area contributed by atoms with Crippen molar-refractivity contribution in [2.45, 2.75) is 31.7 Å². The van der Waals surface area contributed by atoms with Gasteiger partial charge in [0, 0.05) is 12.2 Å². The molecule has 22 heavy (non-hydrogen) atoms. The molecule has 0 spiro atoms. The number of rotatable bonds is 8. The fourth-order valence-electron chi connectivity index (χ4n) is 2.66. The number of likely N-dealkylation sites (tertiary alicyclic amines) is 1. The summed E-state index contributed by atoms with van der Waals surface area (Å²) >= 11 is 1.71. The quantitative estimate of drug-likeness (QED) is 0.771. The summed E-state index contributed by atoms with van der Waals surface area (Å²) in [7, 11) is 0. The first kappa shape index (κ1) is 17.3. The van der Waals surface area contributed by atoms with Gasteiger partial charge in [0.15, 0.2) is 0 Å². The summed E-state index contributed by atoms with van der Waals surface area (Å²) in [5.41, 5.74) is 8.01. The fraction of sp³-hybridized carbons (Fsp3) is 0.588. The van der Waals surface area contributed by atoms with Crippen LogP contribution in [0.3, 0.4) is 0 Å². The lowest BCUT2D eigenvalue weighted by Crippen LogP contribution is -2.36. The number of carbonyl (C=O) groups excluding carboxylic acids is 1. The van der Waals surface area contributed by atoms with Crippen molar-refractivity contribution >= 4 is 23.4 Å². The van der Waals surface area contributed by atoms with Gasteiger partial charge in [-0.1, -0.05) is 12.1 Å². The second-order valence-electron chi connectivity index (χ2n) is 5.87. The number of amides is 1. The Hall–Kier alpha value is -1.04. The van der Waals surface area contributed by atoms with E-state index < -0.39 is 6.04 Å². The normalized spacial score (nSPS) is 16.6. The number of nitrogens with zero attached hydrogens (tertiary/aromatic N) is 1. The van der Waals surface area contributed by atoms with Crippen LogP contribution in [0.4, 0.5) is 5.69 Å². The largest absolute Gasteiger partial charge is 0.325 e. The van der Waals surface area contributed by atoms with Crippen molar-refractivity contribution in [1.82, 2.24) is 4.90 Å². The Morgan fingerprint density at radius 2 is 2.00 bits per heavy atom. The number of thioether (sulfide) groups is 1. The first-order valence-corrected chi connectivity index (χ1v) is 9.45. The van der Waals surface area contributed by atoms with Crippen LogP contribution in [-0.2, 0) is 11.2 Å². The zero-order chi connectivity index (χ0) is 15.8. The van der Waals surface area contributed by atoms with Gasteiger partial charge in [0.25, 0.3) is 0 Å². The molecule has 5 heteroatoms. The van der Waals surface area contributed by atoms with E-state index in [9.17, 15) is 4.79 Å². The molecule has 1 amide bonds. The minimum absolute atomic E-state index is 0.0983. The molecule has 0 aliphatic carbocycles. The summed E-state index contributed by atoms with van der Waals surface area (Å²) in [6.45, 7) is 3.61. The second-order valence-corrected chi connectivity index (χ2v) is 6.86. The molecule has 1 aliphatic heterocycles. The average molecular weight is 321 g/mol. The van der Waals surface area contributed by atoms with Gasteiger partial charge >= 0.3 is 0 Å². The van der Waals surface area contributed by atoms with E-state index in [2.05, 4.69) is 22.3 Å². The van der Waals surface area contributed by atoms with Crippen LogP contribution in [0.5, 0.6) is 0 Å². The number of nitrogens with two attached hydrogens (primary N) is 1. The maximum absolute atomic E-state index is 12.0. The van der Waals surface area contributed by atoms with E-state index >= 15 is 0 Å². The van der Waals surface area contributed by atoms with Crippen LogP contribution in [0.1, 0.15) is 24.8 Å². The Kier molecular flexibility index (Phi) is 7.22. The van der Waals surface area contributed by atoms with E-state index in [1.165, 1.54) is 31.5 Å². The first-order chi connectivity index (χ1) is 10.7. The summed E-state index contributed by atoms with van der Waals surface area (Å²) in [6.07, 6.45) is 6.47. The van der Waals surface area contributed by atoms with Crippen molar-refractivity contribution in [2.75, 3.05) is 37.0 Å². The van der Waals surface area contributed by atoms with Gasteiger partial charge in [-0.05, 0) is 68.5 Å². The molecule has 1 heterocycles. The topological polar surface area (TPSA) is 58.4 Å². The molecular weight excluding hydrogens is 294 g/mol. The third kappa shape index (κ3) is 5.63. The van der Waals surface area contributed by atoms with Crippen LogP contribution >= 0.6 is 11.8 Å². The van der Waals surface area contributed by atoms with E-state index in [0.29, 0.717) is 6.42 Å². The van der Waals surface area contributed by atoms with Crippen LogP contribution < -0.4 is 11.1 Å². The van der Waals surface area contributed by atoms with Gasteiger partial charge in [0.2, 0.25) is 5.91 Å². The average Bonchev–Trinajstić information content (AvgIpc) is 3.05. The highest BCUT2D eigenvalue weighted by atomic mass is 32.2. The fourth-order valence-corrected chi connectivity index (χ4v) is 3.15. The van der Waals surface area contributed by atoms with E-state index in [-0.39, 0.29) is 5.91 Å². The van der Waals surface area contributed by atoms with E-state index in [1.54, 1.807) is 11.8 Å². The van der Waals surface area contributed by atoms with Gasteiger partial charge in [-0.25, -0.2) is 0 Å². The molecule has 2 rings (SSSR count). The summed E-state index contributed by atoms with van der Waals surface area (Å²) in [4.78, 5) is 14.5. The number of hydrogen-bond acceptors (Lipinski definition) is 4. The highest BCUT2D eigenvalue weighted by Gasteiger charge is 2.13. The van der Waals surface area contributed by atoms with E-state index in [4.69, 9.17) is 5.73 Å². The third-order valence-electron chi connectivity index (χ3n) is 4.11. The molecule has 122 valence electrons. The van der Waals surface area contributed by atoms with Crippen molar-refractivity contribution in [3.05, 3.63) is 29.8 Å². The van der Waals surface area contributed by atoms with Gasteiger partial charge < -0.3 is 16.0 Å². The van der Waals surface area contributed by atoms with Crippen LogP contribution in [0.25, 0.3) is 0 Å². The smallest absolute Gasteiger partial charge is 0.241 e. The molecule has 0 bridgehead atoms. The van der Waals surface area contributed by atoms with Crippen molar-refractivity contribution < 1.29 is 4.79 Å². The molecule has 0 radical (unpaired) electrons. The van der Waals surface area contributed by atoms with Crippen LogP contribution in [0, 0.1) is 0 Å². The Morgan fingerprint density at radius 3 is 2.64 bits per heavy atom. The molecule has 0 saturated carbocycles. The van der Waals surface area contributed by atoms with Gasteiger partial charge in [0.1, 0.15) is 0 Å². The molecule has 1 aromatic carbocycles. The van der Waals surface area contributed by atoms with Gasteiger partial charge in [-0.3, -0.25) is 4.79 Å². The Labute approximate surface area is 137 Å². The van der Waals surface area contributed by atoms with Crippen LogP contribution in [0.2, 0.25) is 0 Å². The number of hydrogen-bond donors (Lipinski definition) is 2. The number of benzene rings is 1. The molecular formula is C17H27N3OS. The molecule has 4 nitrogen and oxygen atoms in total. The second kappa shape index (κ2) is 9.18. The van der Waals surface area contributed by atoms with Gasteiger partial charge in [-0.2, -0.15) is 11.8 Å². The molecule has 1 atom stereocenters. The zero-order valence-corrected chi connectivity index (χ0v) is 14.2. The summed E-state index contributed by atoms with van der Waals surface area (Å²) in [5, 5.41) is 2.89. The maximum atomic E-state index is 12.0. The predicted molar refractivity (Wildman–Crippen MR) is 95.4 cm³/mol. The van der Waals surface area contributed by atoms with Crippen LogP contribution in [-0.4, -0.2) is 48.5 Å². The number of anilines is 1. The van der Waals surface area contributed by atoms with Crippen molar-refractivity contribution in [3.8, 4) is 0 Å². The molecule has 1 fully saturated rings. The summed E-state index contributed by atoms with van der Waals surface area (Å²) < 4.78 is 0. The monoisotopic (exact) mass is 321 g/mol. The molecule has 0 aromatic heterocycles. The van der Waals surface area contributed by atoms with Crippen LogP contribution in [0.15, 0.2) is 24.3 Å². The van der Waals surface area contributed by atoms with E-state index in [1.807, 2.05) is 18.4 Å². The number of carbonyl (C=O) groups is 1. The van der Waals surface area contributed by atoms with Crippen molar-refractivity contribution in [1.29, 1.82) is 0 Å². The highest BCUT2D eigenvalue weighted by Crippen LogP contribution is 2.13. The molecule has 1 aliphatic rings. The van der Waals surface area contributed by atoms with Gasteiger partial charge in [-0.15, -0.1) is 0 Å². The third-order valence-corrected chi connectivity index (χ3v) is 4.75. The summed E-state index contributed by atoms with van der Waals surface area (Å²) in [6, 6.07) is 7.71. The zero-order valence-electron chi connectivity index (χ0n) is 13.4. The SMILES string of the molecule is CSCC[C@H](N)C(=O)Nc1ccc(CCN2CCCC2)cc1. The number of nitrogens with one attached hydrogen (secondary N) is 1. The minimum atomic E-state index is -0.428. The lowest BCUT2D eigenvalue weighted by molar-refractivity contribution is -0.117. The predicted octanol–water partition coefficient (Wildman–Crippen LogP) is 2.34. The molecule has 0 unspecified atom stereocenters. The first-order valence-electron chi connectivity index (χ1n) is 8.05. The maximum Gasteiger partial charge on any atom is 0.241 e. The Bertz CT molecular complexity index is 457. The Balaban J connectivity index is 1.77.